The summed E-state index contributed by atoms with van der Waals surface area (Å²) in [5.41, 5.74) is 0. The van der Waals surface area contributed by atoms with E-state index in [1.165, 1.54) is 11.3 Å². The average Bonchev–Trinajstić information content (AvgIpc) is 2.71. The van der Waals surface area contributed by atoms with E-state index in [1.54, 1.807) is 0 Å². The molecule has 1 N–H and O–H groups in total. The van der Waals surface area contributed by atoms with Crippen molar-refractivity contribution in [3.05, 3.63) is 9.98 Å². The monoisotopic (exact) mass is 290 g/mol. The van der Waals surface area contributed by atoms with Crippen LogP contribution in [0.2, 0.25) is 0 Å². The van der Waals surface area contributed by atoms with Gasteiger partial charge >= 0.3 is 5.97 Å². The quantitative estimate of drug-likeness (QED) is 0.906. The van der Waals surface area contributed by atoms with Gasteiger partial charge in [0, 0.05) is 18.5 Å². The van der Waals surface area contributed by atoms with Gasteiger partial charge in [-0.15, -0.1) is 11.3 Å². The first kappa shape index (κ1) is 10.9. The number of anilines is 1. The van der Waals surface area contributed by atoms with Crippen molar-refractivity contribution in [2.75, 3.05) is 18.0 Å². The minimum absolute atomic E-state index is 0.185. The highest BCUT2D eigenvalue weighted by molar-refractivity contribution is 9.10. The van der Waals surface area contributed by atoms with E-state index in [4.69, 9.17) is 5.11 Å². The zero-order valence-corrected chi connectivity index (χ0v) is 10.6. The summed E-state index contributed by atoms with van der Waals surface area (Å²) in [5, 5.41) is 11.8. The Hall–Kier alpha value is -0.620. The molecule has 4 nitrogen and oxygen atoms in total. The van der Waals surface area contributed by atoms with E-state index in [0.717, 1.165) is 16.3 Å². The second-order valence-electron chi connectivity index (χ2n) is 3.78. The number of thiazole rings is 1. The first-order chi connectivity index (χ1) is 7.08. The lowest BCUT2D eigenvalue weighted by molar-refractivity contribution is -0.142. The van der Waals surface area contributed by atoms with Gasteiger partial charge < -0.3 is 10.0 Å². The Morgan fingerprint density at radius 2 is 2.47 bits per heavy atom. The summed E-state index contributed by atoms with van der Waals surface area (Å²) in [7, 11) is 0. The van der Waals surface area contributed by atoms with Gasteiger partial charge in [-0.1, -0.05) is 6.92 Å². The molecule has 1 fully saturated rings. The fourth-order valence-corrected chi connectivity index (χ4v) is 3.11. The molecule has 2 unspecified atom stereocenters. The Kier molecular flexibility index (Phi) is 2.97. The van der Waals surface area contributed by atoms with Crippen LogP contribution in [-0.4, -0.2) is 29.1 Å². The number of rotatable bonds is 2. The van der Waals surface area contributed by atoms with Gasteiger partial charge in [0.15, 0.2) is 5.13 Å². The fourth-order valence-electron chi connectivity index (χ4n) is 1.84. The molecule has 0 saturated carbocycles. The first-order valence-electron chi connectivity index (χ1n) is 4.66. The predicted octanol–water partition coefficient (Wildman–Crippen LogP) is 2.06. The molecular formula is C9H11BrN2O2S. The van der Waals surface area contributed by atoms with Crippen LogP contribution in [0.15, 0.2) is 9.98 Å². The highest BCUT2D eigenvalue weighted by atomic mass is 79.9. The van der Waals surface area contributed by atoms with E-state index in [-0.39, 0.29) is 11.8 Å². The molecular weight excluding hydrogens is 280 g/mol. The number of aliphatic carboxylic acids is 1. The van der Waals surface area contributed by atoms with E-state index in [1.807, 2.05) is 17.2 Å². The molecule has 82 valence electrons. The number of hydrogen-bond acceptors (Lipinski definition) is 4. The normalized spacial score (nSPS) is 25.9. The van der Waals surface area contributed by atoms with E-state index < -0.39 is 5.97 Å². The van der Waals surface area contributed by atoms with Gasteiger partial charge in [0.2, 0.25) is 0 Å². The third-order valence-electron chi connectivity index (χ3n) is 2.66. The summed E-state index contributed by atoms with van der Waals surface area (Å²) in [5.74, 6) is -0.793. The van der Waals surface area contributed by atoms with Gasteiger partial charge in [-0.3, -0.25) is 4.79 Å². The van der Waals surface area contributed by atoms with Crippen molar-refractivity contribution in [2.24, 2.45) is 11.8 Å². The SMILES string of the molecule is CC1CN(c2nc(Br)cs2)CC1C(=O)O. The number of hydrogen-bond donors (Lipinski definition) is 1. The molecule has 2 heterocycles. The van der Waals surface area contributed by atoms with Crippen LogP contribution in [0.25, 0.3) is 0 Å². The molecule has 1 aromatic rings. The van der Waals surface area contributed by atoms with Crippen LogP contribution in [-0.2, 0) is 4.79 Å². The summed E-state index contributed by atoms with van der Waals surface area (Å²) >= 11 is 4.83. The van der Waals surface area contributed by atoms with Gasteiger partial charge in [-0.05, 0) is 21.8 Å². The molecule has 1 aliphatic rings. The molecule has 0 amide bonds. The number of aromatic nitrogens is 1. The smallest absolute Gasteiger partial charge is 0.308 e. The van der Waals surface area contributed by atoms with Crippen molar-refractivity contribution in [2.45, 2.75) is 6.92 Å². The Labute approximate surface area is 100 Å². The average molecular weight is 291 g/mol. The zero-order chi connectivity index (χ0) is 11.0. The topological polar surface area (TPSA) is 53.4 Å². The summed E-state index contributed by atoms with van der Waals surface area (Å²) in [6.07, 6.45) is 0. The van der Waals surface area contributed by atoms with Crippen molar-refractivity contribution in [3.8, 4) is 0 Å². The van der Waals surface area contributed by atoms with Crippen LogP contribution < -0.4 is 4.90 Å². The molecule has 0 aromatic carbocycles. The number of nitrogens with zero attached hydrogens (tertiary/aromatic N) is 2. The number of carboxylic acid groups (broad SMARTS) is 1. The number of carboxylic acids is 1. The zero-order valence-electron chi connectivity index (χ0n) is 8.18. The second-order valence-corrected chi connectivity index (χ2v) is 5.43. The van der Waals surface area contributed by atoms with Crippen molar-refractivity contribution >= 4 is 38.4 Å². The molecule has 0 aliphatic carbocycles. The maximum absolute atomic E-state index is 10.9. The van der Waals surface area contributed by atoms with Crippen molar-refractivity contribution in [1.29, 1.82) is 0 Å². The highest BCUT2D eigenvalue weighted by Crippen LogP contribution is 2.31. The Bertz CT molecular complexity index is 382. The molecule has 1 aromatic heterocycles. The van der Waals surface area contributed by atoms with E-state index in [0.29, 0.717) is 6.54 Å². The molecule has 1 aliphatic heterocycles. The summed E-state index contributed by atoms with van der Waals surface area (Å²) in [4.78, 5) is 17.3. The van der Waals surface area contributed by atoms with Crippen molar-refractivity contribution in [3.63, 3.8) is 0 Å². The minimum Gasteiger partial charge on any atom is -0.481 e. The van der Waals surface area contributed by atoms with Gasteiger partial charge in [0.05, 0.1) is 5.92 Å². The molecule has 1 saturated heterocycles. The van der Waals surface area contributed by atoms with Crippen molar-refractivity contribution in [1.82, 2.24) is 4.98 Å². The Morgan fingerprint density at radius 1 is 1.73 bits per heavy atom. The second kappa shape index (κ2) is 4.09. The third kappa shape index (κ3) is 2.15. The van der Waals surface area contributed by atoms with E-state index in [2.05, 4.69) is 20.9 Å². The molecule has 15 heavy (non-hydrogen) atoms. The third-order valence-corrected chi connectivity index (χ3v) is 4.27. The number of carbonyl (C=O) groups is 1. The van der Waals surface area contributed by atoms with Crippen LogP contribution in [0.5, 0.6) is 0 Å². The van der Waals surface area contributed by atoms with Crippen LogP contribution in [0.3, 0.4) is 0 Å². The van der Waals surface area contributed by atoms with Crippen LogP contribution in [0.4, 0.5) is 5.13 Å². The molecule has 0 radical (unpaired) electrons. The lowest BCUT2D eigenvalue weighted by Gasteiger charge is -2.13. The number of halogens is 1. The lowest BCUT2D eigenvalue weighted by atomic mass is 9.99. The van der Waals surface area contributed by atoms with Crippen LogP contribution >= 0.6 is 27.3 Å². The summed E-state index contributed by atoms with van der Waals surface area (Å²) < 4.78 is 0.814. The van der Waals surface area contributed by atoms with Crippen LogP contribution in [0.1, 0.15) is 6.92 Å². The van der Waals surface area contributed by atoms with Crippen LogP contribution in [0, 0.1) is 11.8 Å². The maximum Gasteiger partial charge on any atom is 0.308 e. The van der Waals surface area contributed by atoms with Gasteiger partial charge in [-0.2, -0.15) is 0 Å². The van der Waals surface area contributed by atoms with Gasteiger partial charge in [0.1, 0.15) is 4.60 Å². The summed E-state index contributed by atoms with van der Waals surface area (Å²) in [6, 6.07) is 0. The lowest BCUT2D eigenvalue weighted by Crippen LogP contribution is -2.22. The summed E-state index contributed by atoms with van der Waals surface area (Å²) in [6.45, 7) is 3.31. The molecule has 2 atom stereocenters. The molecule has 0 spiro atoms. The van der Waals surface area contributed by atoms with E-state index in [9.17, 15) is 4.79 Å². The Balaban J connectivity index is 2.12. The highest BCUT2D eigenvalue weighted by Gasteiger charge is 2.35. The predicted molar refractivity (Wildman–Crippen MR) is 62.3 cm³/mol. The fraction of sp³-hybridized carbons (Fsp3) is 0.556. The first-order valence-corrected chi connectivity index (χ1v) is 6.34. The maximum atomic E-state index is 10.9. The van der Waals surface area contributed by atoms with E-state index >= 15 is 0 Å². The van der Waals surface area contributed by atoms with Crippen molar-refractivity contribution < 1.29 is 9.90 Å². The molecule has 6 heteroatoms. The van der Waals surface area contributed by atoms with Gasteiger partial charge in [0.25, 0.3) is 0 Å². The molecule has 2 rings (SSSR count). The Morgan fingerprint density at radius 3 is 2.93 bits per heavy atom. The minimum atomic E-state index is -0.708. The molecule has 0 bridgehead atoms. The largest absolute Gasteiger partial charge is 0.481 e. The standard InChI is InChI=1S/C9H11BrN2O2S/c1-5-2-12(3-6(5)8(13)14)9-11-7(10)4-15-9/h4-6H,2-3H2,1H3,(H,13,14). The van der Waals surface area contributed by atoms with Gasteiger partial charge in [-0.25, -0.2) is 4.98 Å².